The summed E-state index contributed by atoms with van der Waals surface area (Å²) in [5.74, 6) is -0.143. The summed E-state index contributed by atoms with van der Waals surface area (Å²) in [6.07, 6.45) is 0. The van der Waals surface area contributed by atoms with Crippen LogP contribution in [-0.4, -0.2) is 12.7 Å². The van der Waals surface area contributed by atoms with E-state index in [0.717, 1.165) is 5.56 Å². The molecule has 21 heavy (non-hydrogen) atoms. The Hall–Kier alpha value is -2.76. The number of nitrogens with two attached hydrogens (primary N) is 1. The van der Waals surface area contributed by atoms with Gasteiger partial charge in [0.15, 0.2) is 11.5 Å². The topological polar surface area (TPSA) is 73.6 Å². The van der Waals surface area contributed by atoms with Crippen molar-refractivity contribution in [2.24, 2.45) is 0 Å². The first-order chi connectivity index (χ1) is 10.0. The quantitative estimate of drug-likeness (QED) is 0.833. The van der Waals surface area contributed by atoms with E-state index >= 15 is 0 Å². The van der Waals surface area contributed by atoms with Gasteiger partial charge in [0.25, 0.3) is 5.91 Å². The van der Waals surface area contributed by atoms with Crippen LogP contribution >= 0.6 is 0 Å². The van der Waals surface area contributed by atoms with Gasteiger partial charge >= 0.3 is 0 Å². The second-order valence-electron chi connectivity index (χ2n) is 4.73. The van der Waals surface area contributed by atoms with Crippen LogP contribution in [0.3, 0.4) is 0 Å². The van der Waals surface area contributed by atoms with Gasteiger partial charge in [-0.05, 0) is 19.1 Å². The first-order valence-electron chi connectivity index (χ1n) is 6.31. The minimum absolute atomic E-state index is 0.0351. The number of carbonyl (C=O) groups is 1. The first kappa shape index (κ1) is 13.2. The van der Waals surface area contributed by atoms with Crippen LogP contribution < -0.4 is 20.5 Å². The number of aryl methyl sites for hydroxylation is 1. The van der Waals surface area contributed by atoms with Crippen molar-refractivity contribution in [2.75, 3.05) is 17.8 Å². The Kier molecular flexibility index (Phi) is 3.13. The molecule has 1 aliphatic heterocycles. The van der Waals surface area contributed by atoms with Crippen molar-refractivity contribution in [2.45, 2.75) is 6.92 Å². The number of amides is 1. The molecule has 0 aromatic heterocycles. The largest absolute Gasteiger partial charge is 0.454 e. The molecule has 0 saturated carbocycles. The summed E-state index contributed by atoms with van der Waals surface area (Å²) in [4.78, 5) is 12.2. The Morgan fingerprint density at radius 1 is 1.24 bits per heavy atom. The molecule has 108 valence electrons. The summed E-state index contributed by atoms with van der Waals surface area (Å²) in [5, 5.41) is 2.58. The average Bonchev–Trinajstić information content (AvgIpc) is 2.88. The van der Waals surface area contributed by atoms with Gasteiger partial charge in [-0.2, -0.15) is 0 Å². The highest BCUT2D eigenvalue weighted by Gasteiger charge is 2.19. The predicted molar refractivity (Wildman–Crippen MR) is 76.1 cm³/mol. The Labute approximate surface area is 120 Å². The minimum atomic E-state index is -0.586. The van der Waals surface area contributed by atoms with Crippen LogP contribution in [0.2, 0.25) is 0 Å². The van der Waals surface area contributed by atoms with Crippen LogP contribution in [0.4, 0.5) is 15.8 Å². The lowest BCUT2D eigenvalue weighted by Gasteiger charge is -2.10. The van der Waals surface area contributed by atoms with E-state index in [2.05, 4.69) is 5.32 Å². The summed E-state index contributed by atoms with van der Waals surface area (Å²) in [6.45, 7) is 1.89. The first-order valence-corrected chi connectivity index (χ1v) is 6.31. The molecule has 0 fully saturated rings. The van der Waals surface area contributed by atoms with E-state index < -0.39 is 11.7 Å². The highest BCUT2D eigenvalue weighted by molar-refractivity contribution is 6.06. The van der Waals surface area contributed by atoms with E-state index in [0.29, 0.717) is 22.9 Å². The molecule has 3 rings (SSSR count). The molecule has 2 aromatic carbocycles. The van der Waals surface area contributed by atoms with Crippen molar-refractivity contribution in [1.82, 2.24) is 0 Å². The fourth-order valence-corrected chi connectivity index (χ4v) is 2.07. The molecule has 0 atom stereocenters. The molecule has 0 saturated heterocycles. The van der Waals surface area contributed by atoms with E-state index in [9.17, 15) is 9.18 Å². The Morgan fingerprint density at radius 2 is 1.95 bits per heavy atom. The summed E-state index contributed by atoms with van der Waals surface area (Å²) in [5.41, 5.74) is 7.27. The molecule has 2 aromatic rings. The SMILES string of the molecule is Cc1ccc(F)c(C(=O)Nc2cc3c(cc2N)OCO3)c1. The number of hydrogen-bond acceptors (Lipinski definition) is 4. The third kappa shape index (κ3) is 2.47. The van der Waals surface area contributed by atoms with Gasteiger partial charge in [-0.25, -0.2) is 4.39 Å². The van der Waals surface area contributed by atoms with Crippen molar-refractivity contribution in [1.29, 1.82) is 0 Å². The lowest BCUT2D eigenvalue weighted by Crippen LogP contribution is -2.15. The fraction of sp³-hybridized carbons (Fsp3) is 0.133. The van der Waals surface area contributed by atoms with Crippen molar-refractivity contribution in [3.8, 4) is 11.5 Å². The van der Waals surface area contributed by atoms with Gasteiger partial charge in [0.1, 0.15) is 5.82 Å². The normalized spacial score (nSPS) is 12.3. The van der Waals surface area contributed by atoms with Crippen LogP contribution in [0, 0.1) is 12.7 Å². The van der Waals surface area contributed by atoms with Crippen molar-refractivity contribution in [3.63, 3.8) is 0 Å². The highest BCUT2D eigenvalue weighted by Crippen LogP contribution is 2.38. The molecule has 1 heterocycles. The highest BCUT2D eigenvalue weighted by atomic mass is 19.1. The number of halogens is 1. The number of anilines is 2. The molecular weight excluding hydrogens is 275 g/mol. The number of benzene rings is 2. The lowest BCUT2D eigenvalue weighted by molar-refractivity contribution is 0.102. The number of nitrogen functional groups attached to an aromatic ring is 1. The number of hydrogen-bond donors (Lipinski definition) is 2. The molecule has 1 amide bonds. The average molecular weight is 288 g/mol. The lowest BCUT2D eigenvalue weighted by atomic mass is 10.1. The zero-order chi connectivity index (χ0) is 15.0. The van der Waals surface area contributed by atoms with Gasteiger partial charge in [0.05, 0.1) is 16.9 Å². The van der Waals surface area contributed by atoms with Gasteiger partial charge in [-0.1, -0.05) is 11.6 Å². The zero-order valence-electron chi connectivity index (χ0n) is 11.3. The van der Waals surface area contributed by atoms with Crippen molar-refractivity contribution in [3.05, 3.63) is 47.3 Å². The summed E-state index contributed by atoms with van der Waals surface area (Å²) in [6, 6.07) is 7.45. The summed E-state index contributed by atoms with van der Waals surface area (Å²) >= 11 is 0. The molecule has 0 radical (unpaired) electrons. The maximum Gasteiger partial charge on any atom is 0.258 e. The number of fused-ring (bicyclic) bond motifs is 1. The van der Waals surface area contributed by atoms with Crippen LogP contribution in [0.5, 0.6) is 11.5 Å². The van der Waals surface area contributed by atoms with Crippen LogP contribution in [0.25, 0.3) is 0 Å². The number of rotatable bonds is 2. The van der Waals surface area contributed by atoms with Crippen molar-refractivity contribution < 1.29 is 18.7 Å². The Morgan fingerprint density at radius 3 is 2.71 bits per heavy atom. The van der Waals surface area contributed by atoms with E-state index in [4.69, 9.17) is 15.2 Å². The minimum Gasteiger partial charge on any atom is -0.454 e. The van der Waals surface area contributed by atoms with Crippen molar-refractivity contribution >= 4 is 17.3 Å². The summed E-state index contributed by atoms with van der Waals surface area (Å²) < 4.78 is 24.1. The maximum atomic E-state index is 13.7. The smallest absolute Gasteiger partial charge is 0.258 e. The monoisotopic (exact) mass is 288 g/mol. The third-order valence-electron chi connectivity index (χ3n) is 3.16. The van der Waals surface area contributed by atoms with Gasteiger partial charge in [-0.15, -0.1) is 0 Å². The molecular formula is C15H13FN2O3. The zero-order valence-corrected chi connectivity index (χ0v) is 11.3. The second-order valence-corrected chi connectivity index (χ2v) is 4.73. The van der Waals surface area contributed by atoms with Crippen LogP contribution in [0.1, 0.15) is 15.9 Å². The van der Waals surface area contributed by atoms with Gasteiger partial charge in [0, 0.05) is 12.1 Å². The molecule has 0 unspecified atom stereocenters. The standard InChI is InChI=1S/C15H13FN2O3/c1-8-2-3-10(16)9(4-8)15(19)18-12-6-14-13(5-11(12)17)20-7-21-14/h2-6H,7,17H2,1H3,(H,18,19). The molecule has 0 bridgehead atoms. The Bertz CT molecular complexity index is 731. The number of ether oxygens (including phenoxy) is 2. The summed E-state index contributed by atoms with van der Waals surface area (Å²) in [7, 11) is 0. The molecule has 5 nitrogen and oxygen atoms in total. The van der Waals surface area contributed by atoms with Gasteiger partial charge in [-0.3, -0.25) is 4.79 Å². The second kappa shape index (κ2) is 4.97. The molecule has 0 aliphatic carbocycles. The van der Waals surface area contributed by atoms with Crippen LogP contribution in [0.15, 0.2) is 30.3 Å². The number of nitrogens with one attached hydrogen (secondary N) is 1. The molecule has 1 aliphatic rings. The molecule has 6 heteroatoms. The van der Waals surface area contributed by atoms with E-state index in [-0.39, 0.29) is 12.4 Å². The molecule has 0 spiro atoms. The maximum absolute atomic E-state index is 13.7. The van der Waals surface area contributed by atoms with Gasteiger partial charge < -0.3 is 20.5 Å². The fourth-order valence-electron chi connectivity index (χ4n) is 2.07. The van der Waals surface area contributed by atoms with Gasteiger partial charge in [0.2, 0.25) is 6.79 Å². The van der Waals surface area contributed by atoms with E-state index in [1.807, 2.05) is 0 Å². The molecule has 3 N–H and O–H groups in total. The predicted octanol–water partition coefficient (Wildman–Crippen LogP) is 2.70. The Balaban J connectivity index is 1.90. The van der Waals surface area contributed by atoms with E-state index in [1.165, 1.54) is 12.1 Å². The number of carbonyl (C=O) groups excluding carboxylic acids is 1. The van der Waals surface area contributed by atoms with E-state index in [1.54, 1.807) is 25.1 Å². The third-order valence-corrected chi connectivity index (χ3v) is 3.16. The van der Waals surface area contributed by atoms with Crippen LogP contribution in [-0.2, 0) is 0 Å².